The number of nitrogens with zero attached hydrogens (tertiary/aromatic N) is 2. The molecule has 1 unspecified atom stereocenters. The summed E-state index contributed by atoms with van der Waals surface area (Å²) < 4.78 is 1.04. The maximum absolute atomic E-state index is 11.9. The number of anilines is 1. The monoisotopic (exact) mass is 325 g/mol. The molecule has 1 aliphatic heterocycles. The molecule has 1 heterocycles. The molecule has 2 rings (SSSR count). The highest BCUT2D eigenvalue weighted by molar-refractivity contribution is 9.10. The van der Waals surface area contributed by atoms with E-state index in [0.717, 1.165) is 23.2 Å². The van der Waals surface area contributed by atoms with Crippen LogP contribution in [0.15, 0.2) is 22.7 Å². The van der Waals surface area contributed by atoms with Crippen LogP contribution in [0.4, 0.5) is 5.69 Å². The zero-order valence-electron chi connectivity index (χ0n) is 11.6. The highest BCUT2D eigenvalue weighted by Crippen LogP contribution is 2.30. The number of rotatable bonds is 3. The van der Waals surface area contributed by atoms with E-state index >= 15 is 0 Å². The van der Waals surface area contributed by atoms with E-state index < -0.39 is 0 Å². The van der Waals surface area contributed by atoms with Crippen LogP contribution in [0.2, 0.25) is 0 Å². The Hall–Kier alpha value is -1.07. The number of nitrogens with one attached hydrogen (secondary N) is 1. The molecule has 0 bridgehead atoms. The summed E-state index contributed by atoms with van der Waals surface area (Å²) >= 11 is 3.52. The number of hydrogen-bond donors (Lipinski definition) is 1. The molecule has 0 saturated carbocycles. The molecular formula is C14H20BrN3O. The summed E-state index contributed by atoms with van der Waals surface area (Å²) in [6.07, 6.45) is 0. The first-order chi connectivity index (χ1) is 9.02. The van der Waals surface area contributed by atoms with Crippen LogP contribution >= 0.6 is 15.9 Å². The first-order valence-corrected chi connectivity index (χ1v) is 7.28. The van der Waals surface area contributed by atoms with Crippen molar-refractivity contribution in [3.05, 3.63) is 28.2 Å². The van der Waals surface area contributed by atoms with E-state index in [1.54, 1.807) is 4.90 Å². The fraction of sp³-hybridized carbons (Fsp3) is 0.500. The summed E-state index contributed by atoms with van der Waals surface area (Å²) in [6, 6.07) is 6.52. The molecule has 104 valence electrons. The summed E-state index contributed by atoms with van der Waals surface area (Å²) in [5.41, 5.74) is 2.36. The van der Waals surface area contributed by atoms with Crippen molar-refractivity contribution in [3.63, 3.8) is 0 Å². The van der Waals surface area contributed by atoms with Crippen molar-refractivity contribution >= 4 is 27.5 Å². The summed E-state index contributed by atoms with van der Waals surface area (Å²) in [4.78, 5) is 15.8. The van der Waals surface area contributed by atoms with Gasteiger partial charge in [0.1, 0.15) is 0 Å². The third-order valence-corrected chi connectivity index (χ3v) is 4.18. The molecule has 0 aromatic heterocycles. The topological polar surface area (TPSA) is 35.6 Å². The van der Waals surface area contributed by atoms with Crippen LogP contribution in [0.5, 0.6) is 0 Å². The van der Waals surface area contributed by atoms with Gasteiger partial charge in [-0.1, -0.05) is 22.0 Å². The molecule has 1 N–H and O–H groups in total. The van der Waals surface area contributed by atoms with E-state index in [9.17, 15) is 4.79 Å². The van der Waals surface area contributed by atoms with Crippen molar-refractivity contribution in [1.29, 1.82) is 0 Å². The Morgan fingerprint density at radius 3 is 2.74 bits per heavy atom. The second kappa shape index (κ2) is 5.92. The minimum absolute atomic E-state index is 0.175. The molecule has 1 aliphatic rings. The van der Waals surface area contributed by atoms with Crippen LogP contribution < -0.4 is 10.2 Å². The maximum atomic E-state index is 11.9. The van der Waals surface area contributed by atoms with Crippen molar-refractivity contribution < 1.29 is 4.79 Å². The van der Waals surface area contributed by atoms with Gasteiger partial charge in [0.05, 0.1) is 6.54 Å². The SMILES string of the molecule is CNC(C)c1ccc(Br)cc1N1CCN(C)C(=O)C1. The van der Waals surface area contributed by atoms with E-state index in [1.165, 1.54) is 5.56 Å². The van der Waals surface area contributed by atoms with Gasteiger partial charge in [0, 0.05) is 36.3 Å². The largest absolute Gasteiger partial charge is 0.360 e. The third-order valence-electron chi connectivity index (χ3n) is 3.69. The van der Waals surface area contributed by atoms with Gasteiger partial charge in [-0.2, -0.15) is 0 Å². The molecular weight excluding hydrogens is 306 g/mol. The maximum Gasteiger partial charge on any atom is 0.241 e. The lowest BCUT2D eigenvalue weighted by Gasteiger charge is -2.35. The number of carbonyl (C=O) groups excluding carboxylic acids is 1. The number of halogens is 1. The summed E-state index contributed by atoms with van der Waals surface area (Å²) in [5.74, 6) is 0.175. The Morgan fingerprint density at radius 2 is 2.11 bits per heavy atom. The van der Waals surface area contributed by atoms with Gasteiger partial charge < -0.3 is 15.1 Å². The molecule has 1 fully saturated rings. The fourth-order valence-corrected chi connectivity index (χ4v) is 2.63. The van der Waals surface area contributed by atoms with E-state index in [2.05, 4.69) is 45.2 Å². The van der Waals surface area contributed by atoms with Crippen molar-refractivity contribution in [2.75, 3.05) is 38.6 Å². The molecule has 1 aromatic rings. The van der Waals surface area contributed by atoms with Gasteiger partial charge in [-0.05, 0) is 31.7 Å². The van der Waals surface area contributed by atoms with Gasteiger partial charge in [0.2, 0.25) is 5.91 Å². The molecule has 4 nitrogen and oxygen atoms in total. The molecule has 0 spiro atoms. The lowest BCUT2D eigenvalue weighted by Crippen LogP contribution is -2.49. The normalized spacial score (nSPS) is 17.8. The second-order valence-electron chi connectivity index (χ2n) is 4.95. The van der Waals surface area contributed by atoms with Crippen molar-refractivity contribution in [1.82, 2.24) is 10.2 Å². The van der Waals surface area contributed by atoms with Crippen LogP contribution in [0, 0.1) is 0 Å². The predicted molar refractivity (Wildman–Crippen MR) is 81.5 cm³/mol. The number of carbonyl (C=O) groups is 1. The Balaban J connectivity index is 2.32. The predicted octanol–water partition coefficient (Wildman–Crippen LogP) is 2.01. The quantitative estimate of drug-likeness (QED) is 0.923. The number of amides is 1. The van der Waals surface area contributed by atoms with Crippen LogP contribution in [-0.4, -0.2) is 44.5 Å². The molecule has 1 atom stereocenters. The van der Waals surface area contributed by atoms with Crippen LogP contribution in [0.1, 0.15) is 18.5 Å². The highest BCUT2D eigenvalue weighted by atomic mass is 79.9. The zero-order chi connectivity index (χ0) is 14.0. The van der Waals surface area contributed by atoms with Gasteiger partial charge in [-0.15, -0.1) is 0 Å². The van der Waals surface area contributed by atoms with E-state index in [-0.39, 0.29) is 11.9 Å². The van der Waals surface area contributed by atoms with Crippen molar-refractivity contribution in [3.8, 4) is 0 Å². The Kier molecular flexibility index (Phi) is 4.47. The Morgan fingerprint density at radius 1 is 1.37 bits per heavy atom. The van der Waals surface area contributed by atoms with Crippen molar-refractivity contribution in [2.45, 2.75) is 13.0 Å². The third kappa shape index (κ3) is 3.09. The first kappa shape index (κ1) is 14.3. The average molecular weight is 326 g/mol. The van der Waals surface area contributed by atoms with Gasteiger partial charge in [-0.25, -0.2) is 0 Å². The Labute approximate surface area is 122 Å². The summed E-state index contributed by atoms with van der Waals surface area (Å²) in [7, 11) is 3.81. The number of piperazine rings is 1. The molecule has 1 saturated heterocycles. The summed E-state index contributed by atoms with van der Waals surface area (Å²) in [5, 5.41) is 3.26. The number of likely N-dealkylation sites (N-methyl/N-ethyl adjacent to an activating group) is 1. The van der Waals surface area contributed by atoms with Crippen molar-refractivity contribution in [2.24, 2.45) is 0 Å². The minimum atomic E-state index is 0.175. The minimum Gasteiger partial charge on any atom is -0.360 e. The summed E-state index contributed by atoms with van der Waals surface area (Å²) in [6.45, 7) is 4.24. The van der Waals surface area contributed by atoms with Gasteiger partial charge in [0.25, 0.3) is 0 Å². The van der Waals surface area contributed by atoms with Gasteiger partial charge in [-0.3, -0.25) is 4.79 Å². The van der Waals surface area contributed by atoms with Gasteiger partial charge in [0.15, 0.2) is 0 Å². The molecule has 1 aromatic carbocycles. The lowest BCUT2D eigenvalue weighted by molar-refractivity contribution is -0.129. The molecule has 1 amide bonds. The standard InChI is InChI=1S/C14H20BrN3O/c1-10(16-2)12-5-4-11(15)8-13(12)18-7-6-17(3)14(19)9-18/h4-5,8,10,16H,6-7,9H2,1-3H3. The molecule has 5 heteroatoms. The molecule has 0 aliphatic carbocycles. The smallest absolute Gasteiger partial charge is 0.241 e. The van der Waals surface area contributed by atoms with Gasteiger partial charge >= 0.3 is 0 Å². The van der Waals surface area contributed by atoms with Crippen LogP contribution in [-0.2, 0) is 4.79 Å². The number of benzene rings is 1. The number of hydrogen-bond acceptors (Lipinski definition) is 3. The van der Waals surface area contributed by atoms with E-state index in [4.69, 9.17) is 0 Å². The van der Waals surface area contributed by atoms with Crippen LogP contribution in [0.3, 0.4) is 0 Å². The molecule has 19 heavy (non-hydrogen) atoms. The lowest BCUT2D eigenvalue weighted by atomic mass is 10.0. The zero-order valence-corrected chi connectivity index (χ0v) is 13.2. The highest BCUT2D eigenvalue weighted by Gasteiger charge is 2.24. The Bertz CT molecular complexity index is 478. The average Bonchev–Trinajstić information content (AvgIpc) is 2.41. The van der Waals surface area contributed by atoms with E-state index in [0.29, 0.717) is 6.54 Å². The van der Waals surface area contributed by atoms with E-state index in [1.807, 2.05) is 20.2 Å². The molecule has 0 radical (unpaired) electrons. The fourth-order valence-electron chi connectivity index (χ4n) is 2.28. The first-order valence-electron chi connectivity index (χ1n) is 6.48. The second-order valence-corrected chi connectivity index (χ2v) is 5.87. The van der Waals surface area contributed by atoms with Crippen LogP contribution in [0.25, 0.3) is 0 Å².